The zero-order chi connectivity index (χ0) is 17.3. The van der Waals surface area contributed by atoms with Gasteiger partial charge < -0.3 is 4.74 Å². The second-order valence-corrected chi connectivity index (χ2v) is 8.45. The van der Waals surface area contributed by atoms with Gasteiger partial charge in [0, 0.05) is 36.6 Å². The number of rotatable bonds is 0. The summed E-state index contributed by atoms with van der Waals surface area (Å²) in [6.45, 7) is 0.792. The van der Waals surface area contributed by atoms with Crippen molar-refractivity contribution >= 4 is 48.4 Å². The largest absolute Gasteiger partial charge is 0.477 e. The Bertz CT molecular complexity index is 1210. The van der Waals surface area contributed by atoms with E-state index in [4.69, 9.17) is 9.72 Å². The number of nitrogens with zero attached hydrogens (tertiary/aromatic N) is 1. The van der Waals surface area contributed by atoms with Gasteiger partial charge in [-0.25, -0.2) is 0 Å². The van der Waals surface area contributed by atoms with Gasteiger partial charge in [0.25, 0.3) is 0 Å². The topological polar surface area (TPSA) is 22.1 Å². The Morgan fingerprint density at radius 2 is 1.85 bits per heavy atom. The first kappa shape index (κ1) is 17.6. The van der Waals surface area contributed by atoms with Gasteiger partial charge in [0.05, 0.1) is 6.61 Å². The smallest absolute Gasteiger partial charge is 0.210 e. The van der Waals surface area contributed by atoms with E-state index in [2.05, 4.69) is 64.5 Å². The summed E-state index contributed by atoms with van der Waals surface area (Å²) in [5, 5.41) is 5.69. The van der Waals surface area contributed by atoms with Crippen LogP contribution in [0.3, 0.4) is 0 Å². The number of ether oxygens (including phenoxy) is 1. The van der Waals surface area contributed by atoms with Crippen LogP contribution in [0.1, 0.15) is 31.2 Å². The van der Waals surface area contributed by atoms with Crippen molar-refractivity contribution in [2.24, 2.45) is 0 Å². The number of halogens is 1. The van der Waals surface area contributed by atoms with Gasteiger partial charge in [-0.2, -0.15) is 0 Å². The van der Waals surface area contributed by atoms with E-state index in [1.165, 1.54) is 42.0 Å². The minimum absolute atomic E-state index is 0. The Balaban J connectivity index is 0.00000160. The molecule has 27 heavy (non-hydrogen) atoms. The molecule has 1 aliphatic carbocycles. The maximum absolute atomic E-state index is 6.07. The molecule has 1 saturated carbocycles. The van der Waals surface area contributed by atoms with Crippen LogP contribution in [0.25, 0.3) is 32.4 Å². The number of fused-ring (bicyclic) bond motifs is 6. The number of hydrogen-bond acceptors (Lipinski definition) is 2. The second-order valence-electron chi connectivity index (χ2n) is 7.66. The predicted octanol–water partition coefficient (Wildman–Crippen LogP) is 6.31. The van der Waals surface area contributed by atoms with E-state index in [0.717, 1.165) is 38.6 Å². The van der Waals surface area contributed by atoms with Gasteiger partial charge in [-0.15, -0.1) is 17.5 Å². The first-order chi connectivity index (χ1) is 12.8. The Kier molecular flexibility index (Phi) is 4.09. The van der Waals surface area contributed by atoms with E-state index in [1.807, 2.05) is 0 Å². The minimum Gasteiger partial charge on any atom is -0.477 e. The molecule has 1 fully saturated rings. The maximum Gasteiger partial charge on any atom is 0.210 e. The molecule has 4 heteroatoms. The van der Waals surface area contributed by atoms with Crippen molar-refractivity contribution in [1.82, 2.24) is 4.98 Å². The number of benzene rings is 3. The van der Waals surface area contributed by atoms with Gasteiger partial charge >= 0.3 is 0 Å². The molecule has 1 aromatic heterocycles. The molecular weight excluding hydrogens is 578 g/mol. The third kappa shape index (κ3) is 2.43. The van der Waals surface area contributed by atoms with Gasteiger partial charge in [0.1, 0.15) is 0 Å². The minimum atomic E-state index is 0. The van der Waals surface area contributed by atoms with Gasteiger partial charge in [-0.05, 0) is 22.7 Å². The van der Waals surface area contributed by atoms with E-state index in [0.29, 0.717) is 0 Å². The van der Waals surface area contributed by atoms with E-state index in [-0.39, 0.29) is 25.5 Å². The third-order valence-electron chi connectivity index (χ3n) is 6.23. The molecule has 3 aromatic carbocycles. The first-order valence-corrected chi connectivity index (χ1v) is 10.0. The summed E-state index contributed by atoms with van der Waals surface area (Å²) in [4.78, 5) is 4.98. The molecule has 0 amide bonds. The standard InChI is InChI=1S/C23H17BrNO.Ir/c24-20-16-6-2-1-5-14(16)11-18-17(20)8-7-15-12-19-22(25-21(15)18)26-13-23(19)9-3-4-10-23;/h1-2,5-8,12H,3-4,9-10,13H2;/q-1;. The van der Waals surface area contributed by atoms with Crippen LogP contribution in [0, 0.1) is 6.07 Å². The number of hydrogen-bond donors (Lipinski definition) is 0. The van der Waals surface area contributed by atoms with Crippen LogP contribution < -0.4 is 4.74 Å². The summed E-state index contributed by atoms with van der Waals surface area (Å²) >= 11 is 3.80. The SMILES string of the molecule is Brc1c2ccccc2[c-]c2c1ccc1cc3c(nc12)OCC31CCCC1.[Ir]. The molecule has 0 unspecified atom stereocenters. The van der Waals surface area contributed by atoms with Crippen LogP contribution in [0.2, 0.25) is 0 Å². The summed E-state index contributed by atoms with van der Waals surface area (Å²) in [5.41, 5.74) is 2.52. The summed E-state index contributed by atoms with van der Waals surface area (Å²) in [5.74, 6) is 0.838. The summed E-state index contributed by atoms with van der Waals surface area (Å²) in [6.07, 6.45) is 5.04. The van der Waals surface area contributed by atoms with Crippen molar-refractivity contribution in [2.45, 2.75) is 31.1 Å². The number of pyridine rings is 1. The van der Waals surface area contributed by atoms with Crippen LogP contribution in [0.15, 0.2) is 46.9 Å². The van der Waals surface area contributed by atoms with Crippen molar-refractivity contribution in [3.05, 3.63) is 58.6 Å². The maximum atomic E-state index is 6.07. The summed E-state index contributed by atoms with van der Waals surface area (Å²) in [7, 11) is 0. The first-order valence-electron chi connectivity index (χ1n) is 9.26. The fourth-order valence-corrected chi connectivity index (χ4v) is 5.51. The molecule has 0 atom stereocenters. The summed E-state index contributed by atoms with van der Waals surface area (Å²) in [6, 6.07) is 18.7. The quantitative estimate of drug-likeness (QED) is 0.135. The van der Waals surface area contributed by atoms with Crippen LogP contribution in [-0.4, -0.2) is 11.6 Å². The average molecular weight is 596 g/mol. The van der Waals surface area contributed by atoms with E-state index < -0.39 is 0 Å². The fraction of sp³-hybridized carbons (Fsp3) is 0.261. The molecule has 2 heterocycles. The molecule has 137 valence electrons. The van der Waals surface area contributed by atoms with E-state index >= 15 is 0 Å². The second kappa shape index (κ2) is 6.27. The Morgan fingerprint density at radius 3 is 2.70 bits per heavy atom. The van der Waals surface area contributed by atoms with Crippen molar-refractivity contribution in [3.8, 4) is 5.88 Å². The van der Waals surface area contributed by atoms with E-state index in [1.54, 1.807) is 0 Å². The van der Waals surface area contributed by atoms with E-state index in [9.17, 15) is 0 Å². The van der Waals surface area contributed by atoms with Crippen LogP contribution in [0.5, 0.6) is 5.88 Å². The zero-order valence-electron chi connectivity index (χ0n) is 14.6. The Hall–Kier alpha value is -1.48. The van der Waals surface area contributed by atoms with Crippen molar-refractivity contribution in [3.63, 3.8) is 0 Å². The van der Waals surface area contributed by atoms with Crippen LogP contribution in [0.4, 0.5) is 0 Å². The molecule has 4 aromatic rings. The van der Waals surface area contributed by atoms with Crippen molar-refractivity contribution in [1.29, 1.82) is 0 Å². The van der Waals surface area contributed by atoms with Gasteiger partial charge in [0.15, 0.2) is 0 Å². The Morgan fingerprint density at radius 1 is 1.04 bits per heavy atom. The van der Waals surface area contributed by atoms with Gasteiger partial charge in [-0.1, -0.05) is 81.3 Å². The normalized spacial score (nSPS) is 17.4. The average Bonchev–Trinajstić information content (AvgIpc) is 3.29. The molecule has 6 rings (SSSR count). The molecule has 0 N–H and O–H groups in total. The third-order valence-corrected chi connectivity index (χ3v) is 7.08. The summed E-state index contributed by atoms with van der Waals surface area (Å²) < 4.78 is 7.18. The van der Waals surface area contributed by atoms with Crippen LogP contribution >= 0.6 is 15.9 Å². The van der Waals surface area contributed by atoms with Crippen molar-refractivity contribution < 1.29 is 24.8 Å². The van der Waals surface area contributed by atoms with Crippen LogP contribution in [-0.2, 0) is 25.5 Å². The monoisotopic (exact) mass is 595 g/mol. The Labute approximate surface area is 179 Å². The molecular formula is C23H17BrIrNO-. The number of aromatic nitrogens is 1. The zero-order valence-corrected chi connectivity index (χ0v) is 18.6. The molecule has 0 bridgehead atoms. The van der Waals surface area contributed by atoms with Crippen molar-refractivity contribution in [2.75, 3.05) is 6.61 Å². The molecule has 1 spiro atoms. The van der Waals surface area contributed by atoms with Gasteiger partial charge in [0.2, 0.25) is 5.88 Å². The molecule has 1 aliphatic heterocycles. The predicted molar refractivity (Wildman–Crippen MR) is 109 cm³/mol. The molecule has 1 radical (unpaired) electrons. The fourth-order valence-electron chi connectivity index (χ4n) is 4.84. The molecule has 2 nitrogen and oxygen atoms in total. The molecule has 2 aliphatic rings. The molecule has 0 saturated heterocycles. The van der Waals surface area contributed by atoms with Gasteiger partial charge in [-0.3, -0.25) is 4.98 Å².